The molecule has 0 amide bonds. The SMILES string of the molecule is CCNc1cc(NCCCOCC)nc(SC)n1. The molecule has 102 valence electrons. The highest BCUT2D eigenvalue weighted by Crippen LogP contribution is 2.17. The van der Waals surface area contributed by atoms with Crippen LogP contribution in [-0.4, -0.2) is 42.5 Å². The molecule has 0 aromatic carbocycles. The minimum atomic E-state index is 0.773. The molecule has 0 unspecified atom stereocenters. The summed E-state index contributed by atoms with van der Waals surface area (Å²) >= 11 is 1.54. The van der Waals surface area contributed by atoms with E-state index in [-0.39, 0.29) is 0 Å². The van der Waals surface area contributed by atoms with Gasteiger partial charge in [0.2, 0.25) is 0 Å². The van der Waals surface area contributed by atoms with Crippen molar-refractivity contribution in [3.63, 3.8) is 0 Å². The monoisotopic (exact) mass is 270 g/mol. The highest BCUT2D eigenvalue weighted by atomic mass is 32.2. The Morgan fingerprint density at radius 2 is 1.94 bits per heavy atom. The van der Waals surface area contributed by atoms with E-state index in [1.807, 2.05) is 19.2 Å². The molecule has 0 radical (unpaired) electrons. The summed E-state index contributed by atoms with van der Waals surface area (Å²) in [6.45, 7) is 7.32. The normalized spacial score (nSPS) is 10.4. The molecule has 0 aliphatic carbocycles. The van der Waals surface area contributed by atoms with Crippen molar-refractivity contribution in [2.75, 3.05) is 43.2 Å². The summed E-state index contributed by atoms with van der Waals surface area (Å²) in [6, 6.07) is 1.93. The van der Waals surface area contributed by atoms with Crippen molar-refractivity contribution in [3.8, 4) is 0 Å². The van der Waals surface area contributed by atoms with Gasteiger partial charge in [0.1, 0.15) is 11.6 Å². The van der Waals surface area contributed by atoms with Gasteiger partial charge in [-0.15, -0.1) is 0 Å². The zero-order valence-electron chi connectivity index (χ0n) is 11.3. The van der Waals surface area contributed by atoms with Crippen molar-refractivity contribution in [1.29, 1.82) is 0 Å². The number of rotatable bonds is 9. The highest BCUT2D eigenvalue weighted by molar-refractivity contribution is 7.98. The van der Waals surface area contributed by atoms with Crippen molar-refractivity contribution in [2.45, 2.75) is 25.4 Å². The highest BCUT2D eigenvalue weighted by Gasteiger charge is 2.02. The van der Waals surface area contributed by atoms with Gasteiger partial charge in [-0.3, -0.25) is 0 Å². The second-order valence-electron chi connectivity index (χ2n) is 3.63. The first kappa shape index (κ1) is 15.0. The average Bonchev–Trinajstić information content (AvgIpc) is 2.38. The molecule has 0 bridgehead atoms. The Morgan fingerprint density at radius 3 is 2.56 bits per heavy atom. The summed E-state index contributed by atoms with van der Waals surface area (Å²) in [6.07, 6.45) is 2.95. The molecule has 18 heavy (non-hydrogen) atoms. The first-order chi connectivity index (χ1) is 8.80. The van der Waals surface area contributed by atoms with E-state index in [9.17, 15) is 0 Å². The van der Waals surface area contributed by atoms with Crippen LogP contribution in [0.15, 0.2) is 11.2 Å². The molecule has 0 spiro atoms. The molecule has 1 aromatic heterocycles. The maximum atomic E-state index is 5.29. The lowest BCUT2D eigenvalue weighted by Crippen LogP contribution is -2.09. The van der Waals surface area contributed by atoms with E-state index in [0.717, 1.165) is 49.5 Å². The quantitative estimate of drug-likeness (QED) is 0.408. The number of aromatic nitrogens is 2. The molecule has 0 aliphatic heterocycles. The zero-order valence-corrected chi connectivity index (χ0v) is 12.1. The second-order valence-corrected chi connectivity index (χ2v) is 4.41. The largest absolute Gasteiger partial charge is 0.382 e. The minimum absolute atomic E-state index is 0.773. The molecule has 5 nitrogen and oxygen atoms in total. The Labute approximate surface area is 113 Å². The lowest BCUT2D eigenvalue weighted by atomic mass is 10.4. The molecule has 0 saturated carbocycles. The molecule has 0 atom stereocenters. The lowest BCUT2D eigenvalue weighted by Gasteiger charge is -2.09. The second kappa shape index (κ2) is 8.99. The summed E-state index contributed by atoms with van der Waals surface area (Å²) in [4.78, 5) is 8.79. The molecule has 1 heterocycles. The molecule has 6 heteroatoms. The van der Waals surface area contributed by atoms with Crippen LogP contribution in [0.2, 0.25) is 0 Å². The van der Waals surface area contributed by atoms with Crippen LogP contribution in [0.25, 0.3) is 0 Å². The van der Waals surface area contributed by atoms with Crippen LogP contribution in [-0.2, 0) is 4.74 Å². The standard InChI is InChI=1S/C12H22N4OS/c1-4-13-10-9-11(16-12(15-10)18-3)14-7-6-8-17-5-2/h9H,4-8H2,1-3H3,(H2,13,14,15,16). The number of hydrogen-bond donors (Lipinski definition) is 2. The predicted molar refractivity (Wildman–Crippen MR) is 77.6 cm³/mol. The number of hydrogen-bond acceptors (Lipinski definition) is 6. The molecule has 1 rings (SSSR count). The van der Waals surface area contributed by atoms with Gasteiger partial charge in [0.25, 0.3) is 0 Å². The molecule has 0 fully saturated rings. The summed E-state index contributed by atoms with van der Waals surface area (Å²) in [5.74, 6) is 1.73. The van der Waals surface area contributed by atoms with Gasteiger partial charge in [-0.25, -0.2) is 9.97 Å². The average molecular weight is 270 g/mol. The van der Waals surface area contributed by atoms with Crippen molar-refractivity contribution in [2.24, 2.45) is 0 Å². The molecule has 1 aromatic rings. The fraction of sp³-hybridized carbons (Fsp3) is 0.667. The number of thioether (sulfide) groups is 1. The van der Waals surface area contributed by atoms with Gasteiger partial charge in [0.05, 0.1) is 0 Å². The van der Waals surface area contributed by atoms with Crippen molar-refractivity contribution >= 4 is 23.4 Å². The van der Waals surface area contributed by atoms with Crippen LogP contribution in [0, 0.1) is 0 Å². The summed E-state index contributed by atoms with van der Waals surface area (Å²) in [5.41, 5.74) is 0. The third-order valence-electron chi connectivity index (χ3n) is 2.22. The van der Waals surface area contributed by atoms with Crippen molar-refractivity contribution in [3.05, 3.63) is 6.07 Å². The van der Waals surface area contributed by atoms with Crippen LogP contribution < -0.4 is 10.6 Å². The fourth-order valence-electron chi connectivity index (χ4n) is 1.41. The number of ether oxygens (including phenoxy) is 1. The van der Waals surface area contributed by atoms with Crippen LogP contribution in [0.3, 0.4) is 0 Å². The van der Waals surface area contributed by atoms with Gasteiger partial charge in [-0.1, -0.05) is 11.8 Å². The molecule has 0 saturated heterocycles. The molecule has 2 N–H and O–H groups in total. The van der Waals surface area contributed by atoms with Crippen LogP contribution in [0.5, 0.6) is 0 Å². The number of nitrogens with one attached hydrogen (secondary N) is 2. The van der Waals surface area contributed by atoms with E-state index in [4.69, 9.17) is 4.74 Å². The Hall–Kier alpha value is -1.01. The van der Waals surface area contributed by atoms with E-state index in [0.29, 0.717) is 0 Å². The zero-order chi connectivity index (χ0) is 13.2. The van der Waals surface area contributed by atoms with E-state index >= 15 is 0 Å². The number of nitrogens with zero attached hydrogens (tertiary/aromatic N) is 2. The minimum Gasteiger partial charge on any atom is -0.382 e. The van der Waals surface area contributed by atoms with Crippen LogP contribution in [0.4, 0.5) is 11.6 Å². The van der Waals surface area contributed by atoms with Gasteiger partial charge >= 0.3 is 0 Å². The van der Waals surface area contributed by atoms with E-state index < -0.39 is 0 Å². The van der Waals surface area contributed by atoms with Gasteiger partial charge in [0, 0.05) is 32.4 Å². The van der Waals surface area contributed by atoms with Crippen molar-refractivity contribution < 1.29 is 4.74 Å². The van der Waals surface area contributed by atoms with Crippen LogP contribution >= 0.6 is 11.8 Å². The van der Waals surface area contributed by atoms with Crippen molar-refractivity contribution in [1.82, 2.24) is 9.97 Å². The third kappa shape index (κ3) is 5.55. The van der Waals surface area contributed by atoms with Crippen LogP contribution in [0.1, 0.15) is 20.3 Å². The maximum absolute atomic E-state index is 5.29. The van der Waals surface area contributed by atoms with Gasteiger partial charge in [-0.05, 0) is 26.5 Å². The summed E-state index contributed by atoms with van der Waals surface area (Å²) in [5, 5.41) is 7.28. The summed E-state index contributed by atoms with van der Waals surface area (Å²) < 4.78 is 5.29. The van der Waals surface area contributed by atoms with E-state index in [1.54, 1.807) is 11.8 Å². The first-order valence-corrected chi connectivity index (χ1v) is 7.51. The van der Waals surface area contributed by atoms with Gasteiger partial charge < -0.3 is 15.4 Å². The lowest BCUT2D eigenvalue weighted by molar-refractivity contribution is 0.147. The first-order valence-electron chi connectivity index (χ1n) is 6.28. The Balaban J connectivity index is 2.50. The summed E-state index contributed by atoms with van der Waals surface area (Å²) in [7, 11) is 0. The molecule has 0 aliphatic rings. The molecular weight excluding hydrogens is 248 g/mol. The topological polar surface area (TPSA) is 59.1 Å². The van der Waals surface area contributed by atoms with Gasteiger partial charge in [0.15, 0.2) is 5.16 Å². The molecular formula is C12H22N4OS. The Morgan fingerprint density at radius 1 is 1.22 bits per heavy atom. The predicted octanol–water partition coefficient (Wildman–Crippen LogP) is 2.47. The Kier molecular flexibility index (Phi) is 7.52. The number of anilines is 2. The van der Waals surface area contributed by atoms with E-state index in [1.165, 1.54) is 0 Å². The maximum Gasteiger partial charge on any atom is 0.191 e. The smallest absolute Gasteiger partial charge is 0.191 e. The van der Waals surface area contributed by atoms with Gasteiger partial charge in [-0.2, -0.15) is 0 Å². The Bertz CT molecular complexity index is 349. The third-order valence-corrected chi connectivity index (χ3v) is 2.77. The fourth-order valence-corrected chi connectivity index (χ4v) is 1.79. The van der Waals surface area contributed by atoms with E-state index in [2.05, 4.69) is 27.5 Å².